The van der Waals surface area contributed by atoms with Crippen molar-refractivity contribution in [1.29, 1.82) is 0 Å². The summed E-state index contributed by atoms with van der Waals surface area (Å²) in [6, 6.07) is 7.86. The van der Waals surface area contributed by atoms with E-state index in [9.17, 15) is 0 Å². The zero-order chi connectivity index (χ0) is 18.1. The molecule has 144 valence electrons. The third-order valence-corrected chi connectivity index (χ3v) is 4.11. The van der Waals surface area contributed by atoms with Crippen LogP contribution in [0.15, 0.2) is 41.7 Å². The Morgan fingerprint density at radius 3 is 2.69 bits per heavy atom. The highest BCUT2D eigenvalue weighted by molar-refractivity contribution is 14.0. The van der Waals surface area contributed by atoms with Crippen molar-refractivity contribution in [3.05, 3.63) is 47.4 Å². The van der Waals surface area contributed by atoms with Gasteiger partial charge < -0.3 is 20.1 Å². The number of rotatable bonds is 8. The summed E-state index contributed by atoms with van der Waals surface area (Å²) in [4.78, 5) is 10.7. The van der Waals surface area contributed by atoms with Gasteiger partial charge in [-0.05, 0) is 31.0 Å². The van der Waals surface area contributed by atoms with E-state index < -0.39 is 0 Å². The summed E-state index contributed by atoms with van der Waals surface area (Å²) in [6.07, 6.45) is 5.83. The summed E-state index contributed by atoms with van der Waals surface area (Å²) >= 11 is 6.04. The molecule has 0 fully saturated rings. The number of hydrogen-bond acceptors (Lipinski definition) is 3. The van der Waals surface area contributed by atoms with Crippen molar-refractivity contribution in [3.63, 3.8) is 0 Å². The van der Waals surface area contributed by atoms with Gasteiger partial charge in [-0.3, -0.25) is 4.99 Å². The van der Waals surface area contributed by atoms with Crippen molar-refractivity contribution in [2.24, 2.45) is 12.0 Å². The first-order valence-electron chi connectivity index (χ1n) is 8.47. The van der Waals surface area contributed by atoms with E-state index in [0.29, 0.717) is 0 Å². The summed E-state index contributed by atoms with van der Waals surface area (Å²) in [7, 11) is 5.83. The number of nitrogens with zero attached hydrogens (tertiary/aromatic N) is 4. The smallest absolute Gasteiger partial charge is 0.193 e. The van der Waals surface area contributed by atoms with Crippen LogP contribution in [0.4, 0.5) is 5.82 Å². The highest BCUT2D eigenvalue weighted by Gasteiger charge is 2.09. The van der Waals surface area contributed by atoms with E-state index in [1.165, 1.54) is 0 Å². The Morgan fingerprint density at radius 2 is 2.08 bits per heavy atom. The van der Waals surface area contributed by atoms with Crippen molar-refractivity contribution in [3.8, 4) is 0 Å². The molecule has 0 aromatic carbocycles. The molecular weight excluding hydrogens is 463 g/mol. The number of unbranched alkanes of at least 4 members (excludes halogenated alkanes) is 1. The number of hydrogen-bond donors (Lipinski definition) is 2. The van der Waals surface area contributed by atoms with E-state index in [0.717, 1.165) is 55.0 Å². The molecule has 2 rings (SSSR count). The Balaban J connectivity index is 0.00000338. The molecular formula is C18H28ClIN6. The zero-order valence-electron chi connectivity index (χ0n) is 15.6. The van der Waals surface area contributed by atoms with Gasteiger partial charge in [0.25, 0.3) is 0 Å². The van der Waals surface area contributed by atoms with E-state index in [-0.39, 0.29) is 24.0 Å². The third kappa shape index (κ3) is 7.41. The fraction of sp³-hybridized carbons (Fsp3) is 0.444. The SMILES string of the molecule is CN=C(NCCCCNc1ccccn1)N(C)Cc1cc(Cl)cn1C.I. The lowest BCUT2D eigenvalue weighted by Gasteiger charge is -2.22. The van der Waals surface area contributed by atoms with Crippen LogP contribution in [0.5, 0.6) is 0 Å². The topological polar surface area (TPSA) is 57.5 Å². The number of guanidine groups is 1. The molecule has 0 radical (unpaired) electrons. The van der Waals surface area contributed by atoms with Crippen LogP contribution < -0.4 is 10.6 Å². The van der Waals surface area contributed by atoms with E-state index in [2.05, 4.69) is 25.5 Å². The van der Waals surface area contributed by atoms with Crippen molar-refractivity contribution in [1.82, 2.24) is 19.8 Å². The van der Waals surface area contributed by atoms with Crippen LogP contribution in [0.25, 0.3) is 0 Å². The van der Waals surface area contributed by atoms with Crippen LogP contribution >= 0.6 is 35.6 Å². The molecule has 2 heterocycles. The number of anilines is 1. The number of halogens is 2. The Bertz CT molecular complexity index is 674. The van der Waals surface area contributed by atoms with Crippen molar-refractivity contribution >= 4 is 47.4 Å². The molecule has 6 nitrogen and oxygen atoms in total. The lowest BCUT2D eigenvalue weighted by molar-refractivity contribution is 0.460. The second-order valence-corrected chi connectivity index (χ2v) is 6.38. The molecule has 26 heavy (non-hydrogen) atoms. The number of aromatic nitrogens is 2. The van der Waals surface area contributed by atoms with Gasteiger partial charge in [0.2, 0.25) is 0 Å². The molecule has 8 heteroatoms. The van der Waals surface area contributed by atoms with E-state index >= 15 is 0 Å². The lowest BCUT2D eigenvalue weighted by atomic mass is 10.3. The number of nitrogens with one attached hydrogen (secondary N) is 2. The van der Waals surface area contributed by atoms with E-state index in [1.807, 2.05) is 49.1 Å². The maximum atomic E-state index is 6.04. The van der Waals surface area contributed by atoms with Gasteiger partial charge in [-0.2, -0.15) is 0 Å². The average molecular weight is 491 g/mol. The van der Waals surface area contributed by atoms with E-state index in [1.54, 1.807) is 13.2 Å². The summed E-state index contributed by atoms with van der Waals surface area (Å²) in [6.45, 7) is 2.55. The van der Waals surface area contributed by atoms with Crippen molar-refractivity contribution in [2.45, 2.75) is 19.4 Å². The maximum absolute atomic E-state index is 6.04. The minimum atomic E-state index is 0. The number of aryl methyl sites for hydroxylation is 1. The molecule has 0 atom stereocenters. The average Bonchev–Trinajstić information content (AvgIpc) is 2.92. The van der Waals surface area contributed by atoms with Gasteiger partial charge in [-0.1, -0.05) is 17.7 Å². The molecule has 0 spiro atoms. The van der Waals surface area contributed by atoms with Crippen LogP contribution in [0.2, 0.25) is 5.02 Å². The molecule has 0 aliphatic carbocycles. The summed E-state index contributed by atoms with van der Waals surface area (Å²) in [5, 5.41) is 7.48. The third-order valence-electron chi connectivity index (χ3n) is 3.90. The maximum Gasteiger partial charge on any atom is 0.193 e. The van der Waals surface area contributed by atoms with Gasteiger partial charge in [0.05, 0.1) is 11.6 Å². The second kappa shape index (κ2) is 12.0. The normalized spacial score (nSPS) is 11.0. The fourth-order valence-corrected chi connectivity index (χ4v) is 2.83. The van der Waals surface area contributed by atoms with Gasteiger partial charge in [-0.15, -0.1) is 24.0 Å². The molecule has 0 bridgehead atoms. The standard InChI is InChI=1S/C18H27ClN6.HI/c1-20-18(25(3)14-16-12-15(19)13-24(16)2)23-11-7-6-10-22-17-8-4-5-9-21-17;/h4-5,8-9,12-13H,6-7,10-11,14H2,1-3H3,(H,20,23)(H,21,22);1H. The molecule has 2 aromatic rings. The largest absolute Gasteiger partial charge is 0.370 e. The van der Waals surface area contributed by atoms with Gasteiger partial charge in [0, 0.05) is 52.3 Å². The lowest BCUT2D eigenvalue weighted by Crippen LogP contribution is -2.39. The predicted molar refractivity (Wildman–Crippen MR) is 121 cm³/mol. The first-order chi connectivity index (χ1) is 12.1. The summed E-state index contributed by atoms with van der Waals surface area (Å²) < 4.78 is 2.04. The van der Waals surface area contributed by atoms with Crippen molar-refractivity contribution < 1.29 is 0 Å². The first kappa shape index (κ1) is 22.6. The first-order valence-corrected chi connectivity index (χ1v) is 8.85. The van der Waals surface area contributed by atoms with Crippen LogP contribution in [0, 0.1) is 0 Å². The second-order valence-electron chi connectivity index (χ2n) is 5.94. The van der Waals surface area contributed by atoms with Crippen LogP contribution in [0.1, 0.15) is 18.5 Å². The molecule has 0 aliphatic rings. The number of pyridine rings is 1. The minimum absolute atomic E-state index is 0. The fourth-order valence-electron chi connectivity index (χ4n) is 2.56. The zero-order valence-corrected chi connectivity index (χ0v) is 18.7. The molecule has 0 amide bonds. The quantitative estimate of drug-likeness (QED) is 0.257. The van der Waals surface area contributed by atoms with Gasteiger partial charge in [0.15, 0.2) is 5.96 Å². The Labute approximate surface area is 178 Å². The molecule has 0 unspecified atom stereocenters. The van der Waals surface area contributed by atoms with Crippen molar-refractivity contribution in [2.75, 3.05) is 32.5 Å². The monoisotopic (exact) mass is 490 g/mol. The molecule has 0 aliphatic heterocycles. The Kier molecular flexibility index (Phi) is 10.4. The summed E-state index contributed by atoms with van der Waals surface area (Å²) in [5.74, 6) is 1.81. The predicted octanol–water partition coefficient (Wildman–Crippen LogP) is 3.59. The molecule has 2 aromatic heterocycles. The summed E-state index contributed by atoms with van der Waals surface area (Å²) in [5.41, 5.74) is 1.15. The number of aliphatic imine (C=N–C) groups is 1. The Morgan fingerprint density at radius 1 is 1.31 bits per heavy atom. The van der Waals surface area contributed by atoms with Gasteiger partial charge >= 0.3 is 0 Å². The van der Waals surface area contributed by atoms with Crippen LogP contribution in [-0.2, 0) is 13.6 Å². The molecule has 0 saturated heterocycles. The van der Waals surface area contributed by atoms with Gasteiger partial charge in [-0.25, -0.2) is 4.98 Å². The molecule has 2 N–H and O–H groups in total. The highest BCUT2D eigenvalue weighted by atomic mass is 127. The van der Waals surface area contributed by atoms with Crippen LogP contribution in [0.3, 0.4) is 0 Å². The molecule has 0 saturated carbocycles. The highest BCUT2D eigenvalue weighted by Crippen LogP contribution is 2.14. The van der Waals surface area contributed by atoms with Crippen LogP contribution in [-0.4, -0.2) is 47.6 Å². The van der Waals surface area contributed by atoms with Gasteiger partial charge in [0.1, 0.15) is 5.82 Å². The van der Waals surface area contributed by atoms with E-state index in [4.69, 9.17) is 11.6 Å². The Hall–Kier alpha value is -1.48. The minimum Gasteiger partial charge on any atom is -0.370 e.